The van der Waals surface area contributed by atoms with Crippen molar-refractivity contribution in [1.29, 1.82) is 0 Å². The third kappa shape index (κ3) is 1.37. The number of hydrogen-bond acceptors (Lipinski definition) is 1. The zero-order chi connectivity index (χ0) is 6.15. The highest BCUT2D eigenvalue weighted by atomic mass is 127. The topological polar surface area (TPSA) is 0 Å². The smallest absolute Gasteiger partial charge is 0.107 e. The molecule has 44 valence electrons. The van der Waals surface area contributed by atoms with Crippen LogP contribution in [0.15, 0.2) is 9.85 Å². The largest absolute Gasteiger partial charge is 0.130 e. The first-order chi connectivity index (χ1) is 3.72. The fourth-order valence-electron chi connectivity index (χ4n) is 0.301. The number of thiophene rings is 1. The molecule has 4 heteroatoms. The van der Waals surface area contributed by atoms with Gasteiger partial charge in [0.05, 0.1) is 3.57 Å². The molecule has 0 aromatic carbocycles. The molecule has 1 rings (SSSR count). The summed E-state index contributed by atoms with van der Waals surface area (Å²) in [6, 6.07) is 0. The lowest BCUT2D eigenvalue weighted by atomic mass is 10.7. The van der Waals surface area contributed by atoms with Crippen LogP contribution in [0.1, 0.15) is 0 Å². The monoisotopic (exact) mass is 322 g/mol. The van der Waals surface area contributed by atoms with E-state index in [2.05, 4.69) is 38.5 Å². The first-order valence-corrected chi connectivity index (χ1v) is 4.92. The Balaban J connectivity index is 3.19. The Morgan fingerprint density at radius 2 is 2.38 bits per heavy atom. The Morgan fingerprint density at radius 1 is 1.75 bits per heavy atom. The summed E-state index contributed by atoms with van der Waals surface area (Å²) in [6.07, 6.45) is 0. The van der Waals surface area contributed by atoms with Crippen LogP contribution in [0, 0.1) is 3.57 Å². The minimum absolute atomic E-state index is 0.859. The van der Waals surface area contributed by atoms with Crippen LogP contribution in [-0.4, -0.2) is 0 Å². The predicted molar refractivity (Wildman–Crippen MR) is 49.7 cm³/mol. The lowest BCUT2D eigenvalue weighted by Gasteiger charge is -1.80. The van der Waals surface area contributed by atoms with Crippen LogP contribution < -0.4 is 0 Å². The average Bonchev–Trinajstić information content (AvgIpc) is 1.98. The van der Waals surface area contributed by atoms with Gasteiger partial charge in [0.25, 0.3) is 0 Å². The van der Waals surface area contributed by atoms with Gasteiger partial charge >= 0.3 is 0 Å². The van der Waals surface area contributed by atoms with Crippen LogP contribution in [0.3, 0.4) is 0 Å². The van der Waals surface area contributed by atoms with Crippen molar-refractivity contribution in [3.63, 3.8) is 0 Å². The normalized spacial score (nSPS) is 9.88. The Labute approximate surface area is 78.5 Å². The maximum Gasteiger partial charge on any atom is 0.107 e. The van der Waals surface area contributed by atoms with E-state index in [9.17, 15) is 0 Å². The molecule has 1 aromatic rings. The zero-order valence-electron chi connectivity index (χ0n) is 3.62. The highest BCUT2D eigenvalue weighted by Gasteiger charge is 2.01. The number of hydrogen-bond donors (Lipinski definition) is 0. The zero-order valence-corrected chi connectivity index (χ0v) is 8.94. The molecule has 0 fully saturated rings. The number of rotatable bonds is 0. The standard InChI is InChI=1S/C4HBrClIS/c5-2-1-8-4(6)3(2)7/h1H. The summed E-state index contributed by atoms with van der Waals surface area (Å²) < 4.78 is 3.06. The van der Waals surface area contributed by atoms with Crippen molar-refractivity contribution >= 4 is 61.5 Å². The molecule has 0 saturated heterocycles. The van der Waals surface area contributed by atoms with Crippen molar-refractivity contribution < 1.29 is 0 Å². The lowest BCUT2D eigenvalue weighted by molar-refractivity contribution is 1.79. The maximum absolute atomic E-state index is 5.71. The van der Waals surface area contributed by atoms with Crippen LogP contribution in [0.4, 0.5) is 0 Å². The van der Waals surface area contributed by atoms with E-state index in [1.54, 1.807) is 11.3 Å². The molecular weight excluding hydrogens is 322 g/mol. The van der Waals surface area contributed by atoms with Gasteiger partial charge in [0.2, 0.25) is 0 Å². The molecule has 0 spiro atoms. The lowest BCUT2D eigenvalue weighted by Crippen LogP contribution is -1.58. The van der Waals surface area contributed by atoms with Crippen molar-refractivity contribution in [2.75, 3.05) is 0 Å². The van der Waals surface area contributed by atoms with Crippen LogP contribution in [0.2, 0.25) is 4.34 Å². The Morgan fingerprint density at radius 3 is 2.50 bits per heavy atom. The molecule has 0 N–H and O–H groups in total. The van der Waals surface area contributed by atoms with E-state index in [-0.39, 0.29) is 0 Å². The summed E-state index contributed by atoms with van der Waals surface area (Å²) in [5.41, 5.74) is 0. The van der Waals surface area contributed by atoms with Crippen molar-refractivity contribution in [2.24, 2.45) is 0 Å². The molecule has 0 bridgehead atoms. The molecule has 8 heavy (non-hydrogen) atoms. The van der Waals surface area contributed by atoms with E-state index in [4.69, 9.17) is 11.6 Å². The first-order valence-electron chi connectivity index (χ1n) is 1.80. The molecule has 1 aromatic heterocycles. The van der Waals surface area contributed by atoms with Gasteiger partial charge in [-0.15, -0.1) is 11.3 Å². The third-order valence-corrected chi connectivity index (χ3v) is 5.34. The molecule has 0 aliphatic heterocycles. The predicted octanol–water partition coefficient (Wildman–Crippen LogP) is 3.77. The SMILES string of the molecule is Clc1scc(Br)c1I. The summed E-state index contributed by atoms with van der Waals surface area (Å²) in [4.78, 5) is 0. The fraction of sp³-hybridized carbons (Fsp3) is 0. The van der Waals surface area contributed by atoms with Crippen molar-refractivity contribution in [3.8, 4) is 0 Å². The van der Waals surface area contributed by atoms with Gasteiger partial charge in [-0.2, -0.15) is 0 Å². The van der Waals surface area contributed by atoms with E-state index in [1.807, 2.05) is 5.38 Å². The van der Waals surface area contributed by atoms with Crippen LogP contribution in [0.25, 0.3) is 0 Å². The van der Waals surface area contributed by atoms with E-state index in [1.165, 1.54) is 0 Å². The summed E-state index contributed by atoms with van der Waals surface area (Å²) in [5, 5.41) is 1.98. The molecule has 0 amide bonds. The molecule has 0 atom stereocenters. The van der Waals surface area contributed by atoms with Crippen LogP contribution in [0.5, 0.6) is 0 Å². The van der Waals surface area contributed by atoms with Crippen molar-refractivity contribution in [1.82, 2.24) is 0 Å². The molecule has 0 nitrogen and oxygen atoms in total. The van der Waals surface area contributed by atoms with E-state index in [0.29, 0.717) is 0 Å². The Bertz CT molecular complexity index is 178. The van der Waals surface area contributed by atoms with Crippen molar-refractivity contribution in [2.45, 2.75) is 0 Å². The highest BCUT2D eigenvalue weighted by molar-refractivity contribution is 14.1. The highest BCUT2D eigenvalue weighted by Crippen LogP contribution is 2.32. The van der Waals surface area contributed by atoms with Gasteiger partial charge in [-0.1, -0.05) is 11.6 Å². The minimum atomic E-state index is 0.859. The van der Waals surface area contributed by atoms with Crippen LogP contribution >= 0.6 is 61.5 Å². The first kappa shape index (κ1) is 7.31. The fourth-order valence-corrected chi connectivity index (χ4v) is 2.55. The molecule has 0 radical (unpaired) electrons. The number of halogens is 3. The average molecular weight is 323 g/mol. The van der Waals surface area contributed by atoms with E-state index in [0.717, 1.165) is 12.4 Å². The molecule has 1 heterocycles. The molecule has 0 saturated carbocycles. The van der Waals surface area contributed by atoms with Gasteiger partial charge in [0.1, 0.15) is 4.34 Å². The quantitative estimate of drug-likeness (QED) is 0.638. The Hall–Kier alpha value is 1.20. The summed E-state index contributed by atoms with van der Waals surface area (Å²) in [7, 11) is 0. The molecule has 0 aliphatic carbocycles. The van der Waals surface area contributed by atoms with Crippen molar-refractivity contribution in [3.05, 3.63) is 17.8 Å². The third-order valence-electron chi connectivity index (χ3n) is 0.648. The van der Waals surface area contributed by atoms with Gasteiger partial charge in [-0.05, 0) is 38.5 Å². The second kappa shape index (κ2) is 2.86. The second-order valence-corrected chi connectivity index (χ2v) is 4.59. The van der Waals surface area contributed by atoms with Gasteiger partial charge in [-0.25, -0.2) is 0 Å². The summed E-state index contributed by atoms with van der Waals surface area (Å²) >= 11 is 12.8. The minimum Gasteiger partial charge on any atom is -0.130 e. The summed E-state index contributed by atoms with van der Waals surface area (Å²) in [5.74, 6) is 0. The van der Waals surface area contributed by atoms with E-state index >= 15 is 0 Å². The Kier molecular flexibility index (Phi) is 2.61. The second-order valence-electron chi connectivity index (χ2n) is 1.17. The molecule has 0 aliphatic rings. The van der Waals surface area contributed by atoms with Gasteiger partial charge in [0.15, 0.2) is 0 Å². The van der Waals surface area contributed by atoms with Gasteiger partial charge in [0, 0.05) is 9.85 Å². The van der Waals surface area contributed by atoms with Crippen LogP contribution in [-0.2, 0) is 0 Å². The summed E-state index contributed by atoms with van der Waals surface area (Å²) in [6.45, 7) is 0. The van der Waals surface area contributed by atoms with Gasteiger partial charge < -0.3 is 0 Å². The molecule has 0 unspecified atom stereocenters. The van der Waals surface area contributed by atoms with Gasteiger partial charge in [-0.3, -0.25) is 0 Å². The van der Waals surface area contributed by atoms with E-state index < -0.39 is 0 Å². The maximum atomic E-state index is 5.71. The molecular formula is C4HBrClIS.